The quantitative estimate of drug-likeness (QED) is 0.897. The van der Waals surface area contributed by atoms with E-state index in [4.69, 9.17) is 5.73 Å². The number of nitrogens with one attached hydrogen (secondary N) is 1. The van der Waals surface area contributed by atoms with Crippen LogP contribution in [0.2, 0.25) is 0 Å². The predicted molar refractivity (Wildman–Crippen MR) is 70.4 cm³/mol. The van der Waals surface area contributed by atoms with Gasteiger partial charge in [-0.3, -0.25) is 0 Å². The van der Waals surface area contributed by atoms with Crippen LogP contribution in [0.1, 0.15) is 25.7 Å². The number of nitrogens with two attached hydrogens (primary N) is 1. The van der Waals surface area contributed by atoms with Gasteiger partial charge in [0.1, 0.15) is 5.82 Å². The van der Waals surface area contributed by atoms with Gasteiger partial charge in [0.05, 0.1) is 0 Å². The summed E-state index contributed by atoms with van der Waals surface area (Å²) >= 11 is 3.37. The highest BCUT2D eigenvalue weighted by atomic mass is 79.9. The van der Waals surface area contributed by atoms with Crippen molar-refractivity contribution in [2.75, 3.05) is 11.9 Å². The van der Waals surface area contributed by atoms with Crippen LogP contribution in [0.3, 0.4) is 0 Å². The third-order valence-corrected chi connectivity index (χ3v) is 3.71. The van der Waals surface area contributed by atoms with Gasteiger partial charge in [-0.15, -0.1) is 0 Å². The van der Waals surface area contributed by atoms with E-state index in [-0.39, 0.29) is 0 Å². The van der Waals surface area contributed by atoms with Gasteiger partial charge in [-0.1, -0.05) is 12.8 Å². The number of nitrogens with zero attached hydrogens (tertiary/aromatic N) is 1. The molecule has 0 aromatic carbocycles. The van der Waals surface area contributed by atoms with Gasteiger partial charge in [-0.25, -0.2) is 4.98 Å². The summed E-state index contributed by atoms with van der Waals surface area (Å²) in [7, 11) is 0. The zero-order valence-electron chi connectivity index (χ0n) is 9.32. The fraction of sp³-hybridized carbons (Fsp3) is 0.583. The fourth-order valence-electron chi connectivity index (χ4n) is 2.21. The lowest BCUT2D eigenvalue weighted by Gasteiger charge is -2.28. The summed E-state index contributed by atoms with van der Waals surface area (Å²) in [4.78, 5) is 4.29. The van der Waals surface area contributed by atoms with Crippen molar-refractivity contribution in [3.8, 4) is 0 Å². The van der Waals surface area contributed by atoms with Gasteiger partial charge in [0, 0.05) is 23.3 Å². The summed E-state index contributed by atoms with van der Waals surface area (Å²) in [5, 5.41) is 3.36. The van der Waals surface area contributed by atoms with Crippen molar-refractivity contribution in [3.05, 3.63) is 22.8 Å². The van der Waals surface area contributed by atoms with Crippen molar-refractivity contribution in [2.45, 2.75) is 31.7 Å². The Balaban J connectivity index is 1.84. The molecule has 1 aliphatic carbocycles. The van der Waals surface area contributed by atoms with Gasteiger partial charge in [0.25, 0.3) is 0 Å². The van der Waals surface area contributed by atoms with Crippen LogP contribution in [0.5, 0.6) is 0 Å². The standard InChI is InChI=1S/C12H18BrN3/c13-10-5-6-12(16-8-10)15-7-9-3-1-2-4-11(9)14/h5-6,8-9,11H,1-4,7,14H2,(H,15,16). The maximum absolute atomic E-state index is 6.10. The molecule has 0 amide bonds. The van der Waals surface area contributed by atoms with Gasteiger partial charge in [0.2, 0.25) is 0 Å². The molecule has 3 nitrogen and oxygen atoms in total. The normalized spacial score (nSPS) is 25.4. The molecule has 0 bridgehead atoms. The first-order valence-corrected chi connectivity index (χ1v) is 6.66. The molecule has 2 atom stereocenters. The Hall–Kier alpha value is -0.610. The van der Waals surface area contributed by atoms with Crippen molar-refractivity contribution in [2.24, 2.45) is 11.7 Å². The first kappa shape index (κ1) is 11.9. The van der Waals surface area contributed by atoms with E-state index < -0.39 is 0 Å². The first-order chi connectivity index (χ1) is 7.75. The molecule has 1 fully saturated rings. The van der Waals surface area contributed by atoms with Gasteiger partial charge in [-0.2, -0.15) is 0 Å². The molecule has 1 heterocycles. The van der Waals surface area contributed by atoms with Crippen LogP contribution in [0.15, 0.2) is 22.8 Å². The van der Waals surface area contributed by atoms with Gasteiger partial charge < -0.3 is 11.1 Å². The van der Waals surface area contributed by atoms with Gasteiger partial charge in [0.15, 0.2) is 0 Å². The number of hydrogen-bond acceptors (Lipinski definition) is 3. The summed E-state index contributed by atoms with van der Waals surface area (Å²) in [6, 6.07) is 4.34. The van der Waals surface area contributed by atoms with Crippen LogP contribution >= 0.6 is 15.9 Å². The smallest absolute Gasteiger partial charge is 0.125 e. The van der Waals surface area contributed by atoms with E-state index in [1.54, 1.807) is 0 Å². The molecule has 3 N–H and O–H groups in total. The Bertz CT molecular complexity index is 326. The molecular formula is C12H18BrN3. The molecule has 1 aromatic rings. The Morgan fingerprint density at radius 1 is 1.38 bits per heavy atom. The second-order valence-electron chi connectivity index (χ2n) is 4.45. The maximum Gasteiger partial charge on any atom is 0.125 e. The van der Waals surface area contributed by atoms with Gasteiger partial charge in [-0.05, 0) is 46.8 Å². The highest BCUT2D eigenvalue weighted by molar-refractivity contribution is 9.10. The van der Waals surface area contributed by atoms with E-state index in [0.29, 0.717) is 12.0 Å². The van der Waals surface area contributed by atoms with Crippen molar-refractivity contribution in [3.63, 3.8) is 0 Å². The highest BCUT2D eigenvalue weighted by Crippen LogP contribution is 2.23. The lowest BCUT2D eigenvalue weighted by Crippen LogP contribution is -2.37. The lowest BCUT2D eigenvalue weighted by atomic mass is 9.85. The zero-order valence-corrected chi connectivity index (χ0v) is 10.9. The molecule has 16 heavy (non-hydrogen) atoms. The van der Waals surface area contributed by atoms with E-state index in [1.807, 2.05) is 18.3 Å². The largest absolute Gasteiger partial charge is 0.370 e. The summed E-state index contributed by atoms with van der Waals surface area (Å²) in [6.45, 7) is 0.940. The Kier molecular flexibility index (Phi) is 4.18. The number of pyridine rings is 1. The summed E-state index contributed by atoms with van der Waals surface area (Å²) in [5.74, 6) is 1.53. The molecule has 0 spiro atoms. The summed E-state index contributed by atoms with van der Waals surface area (Å²) in [6.07, 6.45) is 6.82. The molecule has 0 aliphatic heterocycles. The molecular weight excluding hydrogens is 266 g/mol. The van der Waals surface area contributed by atoms with Crippen molar-refractivity contribution in [1.82, 2.24) is 4.98 Å². The minimum Gasteiger partial charge on any atom is -0.370 e. The van der Waals surface area contributed by atoms with E-state index in [9.17, 15) is 0 Å². The first-order valence-electron chi connectivity index (χ1n) is 5.87. The van der Waals surface area contributed by atoms with E-state index in [2.05, 4.69) is 26.2 Å². The average Bonchev–Trinajstić information content (AvgIpc) is 2.30. The molecule has 2 unspecified atom stereocenters. The molecule has 1 aromatic heterocycles. The number of halogens is 1. The summed E-state index contributed by atoms with van der Waals surface area (Å²) in [5.41, 5.74) is 6.10. The van der Waals surface area contributed by atoms with Crippen LogP contribution in [0.25, 0.3) is 0 Å². The maximum atomic E-state index is 6.10. The van der Waals surface area contributed by atoms with Crippen molar-refractivity contribution < 1.29 is 0 Å². The van der Waals surface area contributed by atoms with E-state index in [1.165, 1.54) is 25.7 Å². The van der Waals surface area contributed by atoms with Crippen LogP contribution in [-0.4, -0.2) is 17.6 Å². The molecule has 2 rings (SSSR count). The number of anilines is 1. The topological polar surface area (TPSA) is 50.9 Å². The minimum atomic E-state index is 0.358. The molecule has 88 valence electrons. The Labute approximate surface area is 105 Å². The van der Waals surface area contributed by atoms with Crippen LogP contribution in [-0.2, 0) is 0 Å². The third kappa shape index (κ3) is 3.19. The monoisotopic (exact) mass is 283 g/mol. The molecule has 1 saturated carbocycles. The lowest BCUT2D eigenvalue weighted by molar-refractivity contribution is 0.321. The van der Waals surface area contributed by atoms with Gasteiger partial charge >= 0.3 is 0 Å². The fourth-order valence-corrected chi connectivity index (χ4v) is 2.44. The Morgan fingerprint density at radius 2 is 2.19 bits per heavy atom. The highest BCUT2D eigenvalue weighted by Gasteiger charge is 2.21. The van der Waals surface area contributed by atoms with Crippen LogP contribution in [0.4, 0.5) is 5.82 Å². The zero-order chi connectivity index (χ0) is 11.4. The van der Waals surface area contributed by atoms with E-state index in [0.717, 1.165) is 16.8 Å². The molecule has 4 heteroatoms. The van der Waals surface area contributed by atoms with Crippen LogP contribution in [0, 0.1) is 5.92 Å². The van der Waals surface area contributed by atoms with Crippen molar-refractivity contribution >= 4 is 21.7 Å². The van der Waals surface area contributed by atoms with Crippen molar-refractivity contribution in [1.29, 1.82) is 0 Å². The van der Waals surface area contributed by atoms with E-state index >= 15 is 0 Å². The summed E-state index contributed by atoms with van der Waals surface area (Å²) < 4.78 is 1.01. The average molecular weight is 284 g/mol. The second-order valence-corrected chi connectivity index (χ2v) is 5.37. The minimum absolute atomic E-state index is 0.358. The molecule has 1 aliphatic rings. The number of hydrogen-bond donors (Lipinski definition) is 2. The predicted octanol–water partition coefficient (Wildman–Crippen LogP) is 2.77. The third-order valence-electron chi connectivity index (χ3n) is 3.24. The number of rotatable bonds is 3. The second kappa shape index (κ2) is 5.64. The molecule has 0 radical (unpaired) electrons. The van der Waals surface area contributed by atoms with Crippen LogP contribution < -0.4 is 11.1 Å². The molecule has 0 saturated heterocycles. The SMILES string of the molecule is NC1CCCCC1CNc1ccc(Br)cn1. The number of aromatic nitrogens is 1. The Morgan fingerprint density at radius 3 is 2.88 bits per heavy atom.